The highest BCUT2D eigenvalue weighted by molar-refractivity contribution is 5.66. The number of aliphatic hydroxyl groups excluding tert-OH is 1. The lowest BCUT2D eigenvalue weighted by Gasteiger charge is -2.38. The molecule has 6 heteroatoms. The normalized spacial score (nSPS) is 24.9. The van der Waals surface area contributed by atoms with E-state index in [-0.39, 0.29) is 24.5 Å². The number of rotatable bonds is 11. The van der Waals surface area contributed by atoms with Crippen LogP contribution in [0.25, 0.3) is 11.1 Å². The van der Waals surface area contributed by atoms with Crippen molar-refractivity contribution in [3.8, 4) is 11.1 Å². The van der Waals surface area contributed by atoms with E-state index >= 15 is 0 Å². The molecule has 2 aliphatic rings. The number of hydrogen-bond acceptors (Lipinski definition) is 5. The second kappa shape index (κ2) is 13.2. The second-order valence-corrected chi connectivity index (χ2v) is 10.00. The maximum absolute atomic E-state index is 11.0. The van der Waals surface area contributed by atoms with Crippen molar-refractivity contribution in [2.24, 2.45) is 5.92 Å². The summed E-state index contributed by atoms with van der Waals surface area (Å²) < 4.78 is 12.0. The summed E-state index contributed by atoms with van der Waals surface area (Å²) in [5.41, 5.74) is 4.78. The highest BCUT2D eigenvalue weighted by Crippen LogP contribution is 2.37. The Morgan fingerprint density at radius 1 is 1.03 bits per heavy atom. The highest BCUT2D eigenvalue weighted by atomic mass is 16.5. The van der Waals surface area contributed by atoms with Crippen LogP contribution in [-0.4, -0.2) is 65.6 Å². The number of ether oxygens (including phenoxy) is 2. The SMILES string of the molecule is Cc1ccc(-c2ccc(CO[C@H]3C[C@H](O)[C@H](N4CCOCC4)[C@H]3CC/C=C\CCC(=O)O)cc2)cc1. The molecule has 1 saturated carbocycles. The molecule has 6 nitrogen and oxygen atoms in total. The number of nitrogens with zero attached hydrogens (tertiary/aromatic N) is 1. The summed E-state index contributed by atoms with van der Waals surface area (Å²) in [4.78, 5) is 13.1. The number of benzene rings is 2. The molecule has 0 radical (unpaired) electrons. The number of carboxylic acids is 1. The van der Waals surface area contributed by atoms with Gasteiger partial charge in [0.1, 0.15) is 0 Å². The van der Waals surface area contributed by atoms with E-state index in [1.54, 1.807) is 0 Å². The van der Waals surface area contributed by atoms with Gasteiger partial charge in [0.2, 0.25) is 0 Å². The lowest BCUT2D eigenvalue weighted by molar-refractivity contribution is -0.136. The van der Waals surface area contributed by atoms with Crippen molar-refractivity contribution in [1.29, 1.82) is 0 Å². The van der Waals surface area contributed by atoms with E-state index in [1.807, 2.05) is 6.08 Å². The van der Waals surface area contributed by atoms with E-state index in [1.165, 1.54) is 16.7 Å². The fourth-order valence-electron chi connectivity index (χ4n) is 5.47. The first kappa shape index (κ1) is 26.6. The Bertz CT molecular complexity index is 981. The first-order valence-electron chi connectivity index (χ1n) is 13.2. The van der Waals surface area contributed by atoms with E-state index in [2.05, 4.69) is 66.4 Å². The van der Waals surface area contributed by atoms with Gasteiger partial charge in [-0.25, -0.2) is 0 Å². The van der Waals surface area contributed by atoms with E-state index in [0.29, 0.717) is 32.7 Å². The molecule has 0 amide bonds. The monoisotopic (exact) mass is 493 g/mol. The molecule has 4 rings (SSSR count). The summed E-state index contributed by atoms with van der Waals surface area (Å²) in [6, 6.07) is 17.1. The Morgan fingerprint density at radius 3 is 2.33 bits per heavy atom. The van der Waals surface area contributed by atoms with E-state index in [9.17, 15) is 9.90 Å². The number of morpholine rings is 1. The molecule has 36 heavy (non-hydrogen) atoms. The first-order valence-corrected chi connectivity index (χ1v) is 13.2. The van der Waals surface area contributed by atoms with Crippen molar-refractivity contribution in [1.82, 2.24) is 4.90 Å². The molecular formula is C30H39NO5. The molecule has 0 aromatic heterocycles. The Labute approximate surface area is 214 Å². The number of aryl methyl sites for hydroxylation is 1. The maximum atomic E-state index is 11.0. The van der Waals surface area contributed by atoms with Crippen LogP contribution >= 0.6 is 0 Å². The highest BCUT2D eigenvalue weighted by Gasteiger charge is 2.45. The second-order valence-electron chi connectivity index (χ2n) is 10.00. The number of aliphatic carboxylic acids is 1. The summed E-state index contributed by atoms with van der Waals surface area (Å²) in [5, 5.41) is 19.8. The third kappa shape index (κ3) is 7.26. The van der Waals surface area contributed by atoms with Crippen LogP contribution in [0.1, 0.15) is 43.2 Å². The zero-order valence-electron chi connectivity index (χ0n) is 21.2. The quantitative estimate of drug-likeness (QED) is 0.437. The van der Waals surface area contributed by atoms with Gasteiger partial charge in [-0.05, 0) is 42.9 Å². The lowest BCUT2D eigenvalue weighted by atomic mass is 9.93. The van der Waals surface area contributed by atoms with Gasteiger partial charge in [0.15, 0.2) is 0 Å². The van der Waals surface area contributed by atoms with E-state index in [4.69, 9.17) is 14.6 Å². The number of aliphatic hydroxyl groups is 1. The van der Waals surface area contributed by atoms with Crippen LogP contribution in [0.3, 0.4) is 0 Å². The molecule has 2 aromatic carbocycles. The summed E-state index contributed by atoms with van der Waals surface area (Å²) in [6.07, 6.45) is 6.69. The van der Waals surface area contributed by atoms with Gasteiger partial charge in [-0.1, -0.05) is 66.2 Å². The van der Waals surface area contributed by atoms with Gasteiger partial charge in [0.25, 0.3) is 0 Å². The predicted octanol–water partition coefficient (Wildman–Crippen LogP) is 4.83. The van der Waals surface area contributed by atoms with Gasteiger partial charge in [0, 0.05) is 37.9 Å². The molecule has 1 aliphatic carbocycles. The molecule has 194 valence electrons. The third-order valence-electron chi connectivity index (χ3n) is 7.41. The topological polar surface area (TPSA) is 79.2 Å². The van der Waals surface area contributed by atoms with Crippen LogP contribution in [0.2, 0.25) is 0 Å². The van der Waals surface area contributed by atoms with Gasteiger partial charge in [-0.3, -0.25) is 9.69 Å². The molecule has 0 unspecified atom stereocenters. The molecular weight excluding hydrogens is 454 g/mol. The summed E-state index contributed by atoms with van der Waals surface area (Å²) in [5.74, 6) is -0.555. The summed E-state index contributed by atoms with van der Waals surface area (Å²) >= 11 is 0. The van der Waals surface area contributed by atoms with E-state index in [0.717, 1.165) is 31.5 Å². The smallest absolute Gasteiger partial charge is 0.303 e. The van der Waals surface area contributed by atoms with Crippen LogP contribution in [0.4, 0.5) is 0 Å². The van der Waals surface area contributed by atoms with Crippen molar-refractivity contribution in [3.05, 3.63) is 71.8 Å². The number of carbonyl (C=O) groups is 1. The Hall–Kier alpha value is -2.51. The molecule has 2 fully saturated rings. The summed E-state index contributed by atoms with van der Waals surface area (Å²) in [6.45, 7) is 5.68. The molecule has 1 heterocycles. The van der Waals surface area contributed by atoms with Gasteiger partial charge in [0.05, 0.1) is 32.0 Å². The third-order valence-corrected chi connectivity index (χ3v) is 7.41. The molecule has 1 aliphatic heterocycles. The zero-order chi connectivity index (χ0) is 25.3. The molecule has 2 N–H and O–H groups in total. The summed E-state index contributed by atoms with van der Waals surface area (Å²) in [7, 11) is 0. The van der Waals surface area contributed by atoms with Crippen molar-refractivity contribution >= 4 is 5.97 Å². The number of hydrogen-bond donors (Lipinski definition) is 2. The van der Waals surface area contributed by atoms with Gasteiger partial charge in [-0.15, -0.1) is 0 Å². The first-order chi connectivity index (χ1) is 17.5. The average Bonchev–Trinajstić information content (AvgIpc) is 3.20. The van der Waals surface area contributed by atoms with Crippen molar-refractivity contribution in [2.75, 3.05) is 26.3 Å². The molecule has 1 saturated heterocycles. The Balaban J connectivity index is 1.38. The largest absolute Gasteiger partial charge is 0.481 e. The van der Waals surface area contributed by atoms with Gasteiger partial charge < -0.3 is 19.7 Å². The minimum absolute atomic E-state index is 0.0166. The lowest BCUT2D eigenvalue weighted by Crippen LogP contribution is -2.50. The fraction of sp³-hybridized carbons (Fsp3) is 0.500. The minimum atomic E-state index is -0.772. The van der Waals surface area contributed by atoms with Gasteiger partial charge in [-0.2, -0.15) is 0 Å². The molecule has 4 atom stereocenters. The minimum Gasteiger partial charge on any atom is -0.481 e. The fourth-order valence-corrected chi connectivity index (χ4v) is 5.47. The van der Waals surface area contributed by atoms with Crippen LogP contribution in [0.15, 0.2) is 60.7 Å². The number of allylic oxidation sites excluding steroid dienone is 2. The molecule has 0 bridgehead atoms. The predicted molar refractivity (Wildman–Crippen MR) is 141 cm³/mol. The molecule has 0 spiro atoms. The van der Waals surface area contributed by atoms with Crippen molar-refractivity contribution < 1.29 is 24.5 Å². The van der Waals surface area contributed by atoms with Crippen molar-refractivity contribution in [2.45, 2.75) is 63.9 Å². The average molecular weight is 494 g/mol. The van der Waals surface area contributed by atoms with Crippen LogP contribution in [0.5, 0.6) is 0 Å². The Morgan fingerprint density at radius 2 is 1.67 bits per heavy atom. The van der Waals surface area contributed by atoms with Crippen LogP contribution in [0, 0.1) is 12.8 Å². The molecule has 2 aromatic rings. The van der Waals surface area contributed by atoms with Crippen molar-refractivity contribution in [3.63, 3.8) is 0 Å². The van der Waals surface area contributed by atoms with Crippen LogP contribution in [-0.2, 0) is 20.9 Å². The Kier molecular flexibility index (Phi) is 9.70. The van der Waals surface area contributed by atoms with E-state index < -0.39 is 12.1 Å². The number of carboxylic acid groups (broad SMARTS) is 1. The van der Waals surface area contributed by atoms with Crippen LogP contribution < -0.4 is 0 Å². The maximum Gasteiger partial charge on any atom is 0.303 e. The zero-order valence-corrected chi connectivity index (χ0v) is 21.2. The standard InChI is InChI=1S/C30H39NO5/c1-22-8-12-24(13-9-22)25-14-10-23(11-15-25)21-36-28-20-27(32)30(31-16-18-35-19-17-31)26(28)6-4-2-3-5-7-29(33)34/h2-3,8-15,26-28,30,32H,4-7,16-21H2,1H3,(H,33,34)/b3-2-/t26-,27-,28-,30+/m0/s1. The van der Waals surface area contributed by atoms with Gasteiger partial charge >= 0.3 is 5.97 Å².